The Bertz CT molecular complexity index is 551. The molecule has 1 saturated heterocycles. The lowest BCUT2D eigenvalue weighted by Gasteiger charge is -2.28. The van der Waals surface area contributed by atoms with Crippen LogP contribution >= 0.6 is 0 Å². The van der Waals surface area contributed by atoms with E-state index in [9.17, 15) is 9.59 Å². The van der Waals surface area contributed by atoms with Gasteiger partial charge in [-0.1, -0.05) is 13.8 Å². The Labute approximate surface area is 143 Å². The number of piperidine rings is 1. The number of carbonyl (C=O) groups is 2. The topological polar surface area (TPSA) is 79.5 Å². The van der Waals surface area contributed by atoms with Crippen LogP contribution in [0.2, 0.25) is 0 Å². The number of benzene rings is 1. The summed E-state index contributed by atoms with van der Waals surface area (Å²) in [4.78, 5) is 25.0. The van der Waals surface area contributed by atoms with Gasteiger partial charge in [0.25, 0.3) is 5.91 Å². The minimum atomic E-state index is -0.547. The lowest BCUT2D eigenvalue weighted by molar-refractivity contribution is -0.124. The molecule has 0 radical (unpaired) electrons. The second-order valence-electron chi connectivity index (χ2n) is 6.46. The van der Waals surface area contributed by atoms with Crippen molar-refractivity contribution in [1.29, 1.82) is 0 Å². The van der Waals surface area contributed by atoms with Crippen LogP contribution in [0.1, 0.15) is 37.0 Å². The molecule has 0 aromatic heterocycles. The first-order chi connectivity index (χ1) is 11.5. The maximum absolute atomic E-state index is 12.6. The molecule has 1 atom stereocenters. The van der Waals surface area contributed by atoms with Crippen molar-refractivity contribution < 1.29 is 14.3 Å². The van der Waals surface area contributed by atoms with Crippen LogP contribution in [0, 0.1) is 5.92 Å². The molecule has 0 saturated carbocycles. The van der Waals surface area contributed by atoms with Gasteiger partial charge in [-0.2, -0.15) is 0 Å². The second-order valence-corrected chi connectivity index (χ2v) is 6.46. The van der Waals surface area contributed by atoms with Crippen molar-refractivity contribution in [2.24, 2.45) is 5.92 Å². The molecule has 0 aliphatic carbocycles. The van der Waals surface area contributed by atoms with Crippen molar-refractivity contribution in [1.82, 2.24) is 16.0 Å². The van der Waals surface area contributed by atoms with Crippen LogP contribution in [0.25, 0.3) is 0 Å². The molecule has 132 valence electrons. The predicted molar refractivity (Wildman–Crippen MR) is 93.1 cm³/mol. The molecule has 1 aromatic carbocycles. The van der Waals surface area contributed by atoms with E-state index in [1.807, 2.05) is 13.8 Å². The molecule has 6 nitrogen and oxygen atoms in total. The Kier molecular flexibility index (Phi) is 6.61. The van der Waals surface area contributed by atoms with E-state index in [-0.39, 0.29) is 23.8 Å². The molecule has 0 spiro atoms. The predicted octanol–water partition coefficient (Wildman–Crippen LogP) is 1.32. The van der Waals surface area contributed by atoms with Gasteiger partial charge in [0.05, 0.1) is 7.11 Å². The first kappa shape index (κ1) is 18.3. The molecule has 24 heavy (non-hydrogen) atoms. The molecular formula is C18H27N3O3. The SMILES string of the molecule is COc1ccc(C(=O)NC(C(=O)NC2CCNCC2)C(C)C)cc1. The van der Waals surface area contributed by atoms with Gasteiger partial charge in [0.2, 0.25) is 5.91 Å². The summed E-state index contributed by atoms with van der Waals surface area (Å²) in [6.07, 6.45) is 1.84. The second kappa shape index (κ2) is 8.68. The average molecular weight is 333 g/mol. The summed E-state index contributed by atoms with van der Waals surface area (Å²) in [5.74, 6) is 0.333. The largest absolute Gasteiger partial charge is 0.497 e. The number of rotatable bonds is 6. The average Bonchev–Trinajstić information content (AvgIpc) is 2.60. The van der Waals surface area contributed by atoms with Crippen molar-refractivity contribution in [3.05, 3.63) is 29.8 Å². The minimum absolute atomic E-state index is 0.00825. The Hall–Kier alpha value is -2.08. The third kappa shape index (κ3) is 4.96. The van der Waals surface area contributed by atoms with Gasteiger partial charge < -0.3 is 20.7 Å². The zero-order chi connectivity index (χ0) is 17.5. The molecule has 1 aliphatic heterocycles. The van der Waals surface area contributed by atoms with Crippen LogP contribution < -0.4 is 20.7 Å². The number of ether oxygens (including phenoxy) is 1. The van der Waals surface area contributed by atoms with Crippen LogP contribution in [0.4, 0.5) is 0 Å². The highest BCUT2D eigenvalue weighted by Gasteiger charge is 2.27. The van der Waals surface area contributed by atoms with E-state index in [1.165, 1.54) is 0 Å². The van der Waals surface area contributed by atoms with E-state index in [0.29, 0.717) is 11.3 Å². The van der Waals surface area contributed by atoms with E-state index in [0.717, 1.165) is 25.9 Å². The monoisotopic (exact) mass is 333 g/mol. The molecule has 0 bridgehead atoms. The van der Waals surface area contributed by atoms with Gasteiger partial charge in [0.1, 0.15) is 11.8 Å². The normalized spacial score (nSPS) is 16.5. The van der Waals surface area contributed by atoms with Gasteiger partial charge in [-0.3, -0.25) is 9.59 Å². The third-order valence-corrected chi connectivity index (χ3v) is 4.27. The summed E-state index contributed by atoms with van der Waals surface area (Å²) in [7, 11) is 1.58. The van der Waals surface area contributed by atoms with Crippen LogP contribution in [0.5, 0.6) is 5.75 Å². The first-order valence-corrected chi connectivity index (χ1v) is 8.47. The van der Waals surface area contributed by atoms with Crippen LogP contribution in [-0.2, 0) is 4.79 Å². The van der Waals surface area contributed by atoms with Crippen LogP contribution in [0.3, 0.4) is 0 Å². The van der Waals surface area contributed by atoms with Crippen molar-refractivity contribution >= 4 is 11.8 Å². The molecule has 1 aliphatic rings. The van der Waals surface area contributed by atoms with E-state index < -0.39 is 6.04 Å². The van der Waals surface area contributed by atoms with Gasteiger partial charge in [-0.05, 0) is 56.1 Å². The molecule has 1 fully saturated rings. The fraction of sp³-hybridized carbons (Fsp3) is 0.556. The fourth-order valence-electron chi connectivity index (χ4n) is 2.76. The van der Waals surface area contributed by atoms with E-state index in [4.69, 9.17) is 4.74 Å². The van der Waals surface area contributed by atoms with Crippen molar-refractivity contribution in [3.8, 4) is 5.75 Å². The number of nitrogens with one attached hydrogen (secondary N) is 3. The molecule has 1 unspecified atom stereocenters. The van der Waals surface area contributed by atoms with Gasteiger partial charge >= 0.3 is 0 Å². The lowest BCUT2D eigenvalue weighted by atomic mass is 10.0. The van der Waals surface area contributed by atoms with E-state index in [2.05, 4.69) is 16.0 Å². The van der Waals surface area contributed by atoms with Gasteiger partial charge in [-0.25, -0.2) is 0 Å². The molecule has 3 N–H and O–H groups in total. The Morgan fingerprint density at radius 2 is 1.79 bits per heavy atom. The highest BCUT2D eigenvalue weighted by molar-refractivity contribution is 5.97. The smallest absolute Gasteiger partial charge is 0.251 e. The number of hydrogen-bond donors (Lipinski definition) is 3. The summed E-state index contributed by atoms with van der Waals surface area (Å²) in [5, 5.41) is 9.19. The summed E-state index contributed by atoms with van der Waals surface area (Å²) in [6, 6.07) is 6.47. The van der Waals surface area contributed by atoms with E-state index in [1.54, 1.807) is 31.4 Å². The van der Waals surface area contributed by atoms with Gasteiger partial charge in [0.15, 0.2) is 0 Å². The first-order valence-electron chi connectivity index (χ1n) is 8.47. The third-order valence-electron chi connectivity index (χ3n) is 4.27. The van der Waals surface area contributed by atoms with Gasteiger partial charge in [-0.15, -0.1) is 0 Å². The number of amides is 2. The van der Waals surface area contributed by atoms with Crippen molar-refractivity contribution in [2.45, 2.75) is 38.8 Å². The summed E-state index contributed by atoms with van der Waals surface area (Å²) < 4.78 is 5.09. The molecular weight excluding hydrogens is 306 g/mol. The fourth-order valence-corrected chi connectivity index (χ4v) is 2.76. The van der Waals surface area contributed by atoms with Crippen LogP contribution in [-0.4, -0.2) is 44.1 Å². The number of methoxy groups -OCH3 is 1. The Balaban J connectivity index is 1.98. The maximum Gasteiger partial charge on any atom is 0.251 e. The van der Waals surface area contributed by atoms with Gasteiger partial charge in [0, 0.05) is 11.6 Å². The summed E-state index contributed by atoms with van der Waals surface area (Å²) in [5.41, 5.74) is 0.510. The zero-order valence-corrected chi connectivity index (χ0v) is 14.6. The van der Waals surface area contributed by atoms with Crippen molar-refractivity contribution in [2.75, 3.05) is 20.2 Å². The number of carbonyl (C=O) groups excluding carboxylic acids is 2. The van der Waals surface area contributed by atoms with Crippen molar-refractivity contribution in [3.63, 3.8) is 0 Å². The minimum Gasteiger partial charge on any atom is -0.497 e. The maximum atomic E-state index is 12.6. The molecule has 1 heterocycles. The molecule has 1 aromatic rings. The zero-order valence-electron chi connectivity index (χ0n) is 14.6. The van der Waals surface area contributed by atoms with E-state index >= 15 is 0 Å². The highest BCUT2D eigenvalue weighted by atomic mass is 16.5. The molecule has 2 rings (SSSR count). The Morgan fingerprint density at radius 3 is 2.33 bits per heavy atom. The highest BCUT2D eigenvalue weighted by Crippen LogP contribution is 2.12. The standard InChI is InChI=1S/C18H27N3O3/c1-12(2)16(18(23)20-14-8-10-19-11-9-14)21-17(22)13-4-6-15(24-3)7-5-13/h4-7,12,14,16,19H,8-11H2,1-3H3,(H,20,23)(H,21,22). The summed E-state index contributed by atoms with van der Waals surface area (Å²) >= 11 is 0. The Morgan fingerprint density at radius 1 is 1.17 bits per heavy atom. The summed E-state index contributed by atoms with van der Waals surface area (Å²) in [6.45, 7) is 5.69. The quantitative estimate of drug-likeness (QED) is 0.733. The lowest BCUT2D eigenvalue weighted by Crippen LogP contribution is -2.53. The molecule has 6 heteroatoms. The molecule has 2 amide bonds. The van der Waals surface area contributed by atoms with Crippen LogP contribution in [0.15, 0.2) is 24.3 Å². The number of hydrogen-bond acceptors (Lipinski definition) is 4.